The molecule has 96 valence electrons. The predicted octanol–water partition coefficient (Wildman–Crippen LogP) is 2.37. The third kappa shape index (κ3) is 2.13. The Balaban J connectivity index is 2.07. The lowest BCUT2D eigenvalue weighted by Crippen LogP contribution is -2.33. The number of aromatic nitrogens is 1. The van der Waals surface area contributed by atoms with Crippen molar-refractivity contribution in [2.24, 2.45) is 5.73 Å². The van der Waals surface area contributed by atoms with Gasteiger partial charge in [0.2, 0.25) is 0 Å². The van der Waals surface area contributed by atoms with E-state index in [1.54, 1.807) is 6.20 Å². The molecule has 19 heavy (non-hydrogen) atoms. The van der Waals surface area contributed by atoms with Crippen molar-refractivity contribution in [1.82, 2.24) is 4.98 Å². The zero-order valence-corrected chi connectivity index (χ0v) is 10.5. The number of hydrogen-bond acceptors (Lipinski definition) is 4. The third-order valence-corrected chi connectivity index (χ3v) is 3.62. The van der Waals surface area contributed by atoms with E-state index in [0.29, 0.717) is 11.3 Å². The highest BCUT2D eigenvalue weighted by molar-refractivity contribution is 5.87. The van der Waals surface area contributed by atoms with Crippen molar-refractivity contribution in [2.75, 3.05) is 0 Å². The van der Waals surface area contributed by atoms with Crippen LogP contribution in [0.3, 0.4) is 0 Å². The highest BCUT2D eigenvalue weighted by Crippen LogP contribution is 2.31. The van der Waals surface area contributed by atoms with Crippen molar-refractivity contribution < 1.29 is 4.74 Å². The summed E-state index contributed by atoms with van der Waals surface area (Å²) < 4.78 is 6.04. The number of benzene rings is 1. The summed E-state index contributed by atoms with van der Waals surface area (Å²) in [5.74, 6) is 0.621. The maximum atomic E-state index is 9.22. The van der Waals surface area contributed by atoms with Gasteiger partial charge in [-0.2, -0.15) is 5.26 Å². The summed E-state index contributed by atoms with van der Waals surface area (Å²) in [5, 5.41) is 10.1. The molecule has 0 bridgehead atoms. The van der Waals surface area contributed by atoms with Gasteiger partial charge in [-0.3, -0.25) is 4.98 Å². The first-order chi connectivity index (χ1) is 9.29. The Morgan fingerprint density at radius 3 is 2.89 bits per heavy atom. The Morgan fingerprint density at radius 1 is 1.32 bits per heavy atom. The molecule has 1 heterocycles. The topological polar surface area (TPSA) is 71.9 Å². The van der Waals surface area contributed by atoms with Crippen LogP contribution in [-0.4, -0.2) is 17.1 Å². The standard InChI is InChI=1S/C15H15N3O/c16-8-10-9-18-13-6-2-1-4-11(13)15(10)19-14-7-3-5-12(14)17/h1-2,4,6,9,12,14H,3,5,7,17H2. The van der Waals surface area contributed by atoms with Crippen LogP contribution in [0.5, 0.6) is 5.75 Å². The quantitative estimate of drug-likeness (QED) is 0.891. The number of nitriles is 1. The maximum Gasteiger partial charge on any atom is 0.148 e. The van der Waals surface area contributed by atoms with Gasteiger partial charge in [0, 0.05) is 17.6 Å². The summed E-state index contributed by atoms with van der Waals surface area (Å²) in [7, 11) is 0. The molecule has 0 aliphatic heterocycles. The minimum Gasteiger partial charge on any atom is -0.487 e. The molecular weight excluding hydrogens is 238 g/mol. The summed E-state index contributed by atoms with van der Waals surface area (Å²) in [6.45, 7) is 0. The number of nitrogens with two attached hydrogens (primary N) is 1. The van der Waals surface area contributed by atoms with E-state index >= 15 is 0 Å². The van der Waals surface area contributed by atoms with Gasteiger partial charge in [-0.25, -0.2) is 0 Å². The van der Waals surface area contributed by atoms with Crippen LogP contribution < -0.4 is 10.5 Å². The van der Waals surface area contributed by atoms with Gasteiger partial charge in [0.05, 0.1) is 5.52 Å². The molecule has 1 aromatic heterocycles. The van der Waals surface area contributed by atoms with Crippen LogP contribution in [0.2, 0.25) is 0 Å². The SMILES string of the molecule is N#Cc1cnc2ccccc2c1OC1CCCC1N. The van der Waals surface area contributed by atoms with Crippen LogP contribution in [0.25, 0.3) is 10.9 Å². The molecule has 1 saturated carbocycles. The van der Waals surface area contributed by atoms with Crippen molar-refractivity contribution in [3.8, 4) is 11.8 Å². The molecular formula is C15H15N3O. The van der Waals surface area contributed by atoms with E-state index in [9.17, 15) is 5.26 Å². The zero-order chi connectivity index (χ0) is 13.2. The smallest absolute Gasteiger partial charge is 0.148 e. The molecule has 0 radical (unpaired) electrons. The third-order valence-electron chi connectivity index (χ3n) is 3.62. The Labute approximate surface area is 111 Å². The lowest BCUT2D eigenvalue weighted by Gasteiger charge is -2.19. The summed E-state index contributed by atoms with van der Waals surface area (Å²) in [4.78, 5) is 4.27. The van der Waals surface area contributed by atoms with Crippen LogP contribution >= 0.6 is 0 Å². The van der Waals surface area contributed by atoms with Gasteiger partial charge in [-0.15, -0.1) is 0 Å². The Morgan fingerprint density at radius 2 is 2.16 bits per heavy atom. The molecule has 1 aliphatic rings. The molecule has 1 aliphatic carbocycles. The van der Waals surface area contributed by atoms with E-state index in [1.807, 2.05) is 24.3 Å². The summed E-state index contributed by atoms with van der Waals surface area (Å²) in [6.07, 6.45) is 4.57. The minimum absolute atomic E-state index is 0.00194. The first-order valence-electron chi connectivity index (χ1n) is 6.49. The summed E-state index contributed by atoms with van der Waals surface area (Å²) in [6, 6.07) is 9.89. The number of para-hydroxylation sites is 1. The van der Waals surface area contributed by atoms with Gasteiger partial charge in [-0.1, -0.05) is 12.1 Å². The molecule has 1 fully saturated rings. The van der Waals surface area contributed by atoms with Crippen molar-refractivity contribution in [2.45, 2.75) is 31.4 Å². The van der Waals surface area contributed by atoms with E-state index in [2.05, 4.69) is 11.1 Å². The molecule has 4 nitrogen and oxygen atoms in total. The van der Waals surface area contributed by atoms with E-state index < -0.39 is 0 Å². The van der Waals surface area contributed by atoms with Gasteiger partial charge in [0.1, 0.15) is 23.5 Å². The van der Waals surface area contributed by atoms with Gasteiger partial charge < -0.3 is 10.5 Å². The maximum absolute atomic E-state index is 9.22. The molecule has 2 atom stereocenters. The zero-order valence-electron chi connectivity index (χ0n) is 10.5. The molecule has 2 unspecified atom stereocenters. The number of ether oxygens (including phenoxy) is 1. The van der Waals surface area contributed by atoms with Crippen LogP contribution in [-0.2, 0) is 0 Å². The second-order valence-electron chi connectivity index (χ2n) is 4.88. The first-order valence-corrected chi connectivity index (χ1v) is 6.49. The van der Waals surface area contributed by atoms with Crippen LogP contribution in [0.1, 0.15) is 24.8 Å². The molecule has 0 amide bonds. The first kappa shape index (κ1) is 11.9. The molecule has 0 saturated heterocycles. The van der Waals surface area contributed by atoms with Crippen molar-refractivity contribution in [3.05, 3.63) is 36.0 Å². The molecule has 1 aromatic carbocycles. The fraction of sp³-hybridized carbons (Fsp3) is 0.333. The average Bonchev–Trinajstić information content (AvgIpc) is 2.85. The van der Waals surface area contributed by atoms with E-state index in [4.69, 9.17) is 10.5 Å². The van der Waals surface area contributed by atoms with Crippen molar-refractivity contribution in [1.29, 1.82) is 5.26 Å². The van der Waals surface area contributed by atoms with Gasteiger partial charge >= 0.3 is 0 Å². The summed E-state index contributed by atoms with van der Waals surface area (Å²) >= 11 is 0. The minimum atomic E-state index is -0.00194. The normalized spacial score (nSPS) is 22.3. The fourth-order valence-corrected chi connectivity index (χ4v) is 2.58. The second kappa shape index (κ2) is 4.87. The van der Waals surface area contributed by atoms with Crippen LogP contribution in [0, 0.1) is 11.3 Å². The Bertz CT molecular complexity index is 647. The van der Waals surface area contributed by atoms with E-state index in [0.717, 1.165) is 30.2 Å². The number of pyridine rings is 1. The Kier molecular flexibility index (Phi) is 3.06. The number of hydrogen-bond donors (Lipinski definition) is 1. The molecule has 0 spiro atoms. The molecule has 3 rings (SSSR count). The van der Waals surface area contributed by atoms with Gasteiger partial charge in [-0.05, 0) is 31.4 Å². The largest absolute Gasteiger partial charge is 0.487 e. The molecule has 4 heteroatoms. The summed E-state index contributed by atoms with van der Waals surface area (Å²) in [5.41, 5.74) is 7.35. The van der Waals surface area contributed by atoms with E-state index in [1.165, 1.54) is 0 Å². The highest BCUT2D eigenvalue weighted by Gasteiger charge is 2.27. The molecule has 2 aromatic rings. The lowest BCUT2D eigenvalue weighted by atomic mass is 10.1. The van der Waals surface area contributed by atoms with Crippen molar-refractivity contribution >= 4 is 10.9 Å². The van der Waals surface area contributed by atoms with Crippen LogP contribution in [0.4, 0.5) is 0 Å². The Hall–Kier alpha value is -2.12. The second-order valence-corrected chi connectivity index (χ2v) is 4.88. The number of nitrogens with zero attached hydrogens (tertiary/aromatic N) is 2. The predicted molar refractivity (Wildman–Crippen MR) is 72.7 cm³/mol. The van der Waals surface area contributed by atoms with Crippen molar-refractivity contribution in [3.63, 3.8) is 0 Å². The fourth-order valence-electron chi connectivity index (χ4n) is 2.58. The van der Waals surface area contributed by atoms with Gasteiger partial charge in [0.15, 0.2) is 0 Å². The lowest BCUT2D eigenvalue weighted by molar-refractivity contribution is 0.193. The monoisotopic (exact) mass is 253 g/mol. The van der Waals surface area contributed by atoms with Gasteiger partial charge in [0.25, 0.3) is 0 Å². The average molecular weight is 253 g/mol. The highest BCUT2D eigenvalue weighted by atomic mass is 16.5. The number of fused-ring (bicyclic) bond motifs is 1. The van der Waals surface area contributed by atoms with E-state index in [-0.39, 0.29) is 12.1 Å². The number of rotatable bonds is 2. The molecule has 2 N–H and O–H groups in total. The van der Waals surface area contributed by atoms with Crippen LogP contribution in [0.15, 0.2) is 30.5 Å².